The fraction of sp³-hybridized carbons (Fsp3) is 0.0769. The number of hydrogen-bond donors (Lipinski definition) is 1. The summed E-state index contributed by atoms with van der Waals surface area (Å²) >= 11 is 0. The number of carbonyl (C=O) groups is 1. The molecule has 7 heteroatoms. The molecule has 0 aliphatic carbocycles. The number of rotatable bonds is 3. The molecule has 20 heavy (non-hydrogen) atoms. The van der Waals surface area contributed by atoms with Crippen LogP contribution in [0.2, 0.25) is 0 Å². The van der Waals surface area contributed by atoms with Crippen molar-refractivity contribution in [1.82, 2.24) is 4.98 Å². The van der Waals surface area contributed by atoms with Crippen molar-refractivity contribution >= 4 is 11.6 Å². The Bertz CT molecular complexity index is 661. The fourth-order valence-electron chi connectivity index (χ4n) is 1.56. The monoisotopic (exact) mass is 284 g/mol. The number of hydrogen-bond acceptors (Lipinski definition) is 2. The first-order valence-electron chi connectivity index (χ1n) is 5.52. The van der Waals surface area contributed by atoms with Crippen molar-refractivity contribution in [1.29, 1.82) is 0 Å². The number of aromatic nitrogens is 1. The van der Waals surface area contributed by atoms with Crippen molar-refractivity contribution in [3.63, 3.8) is 0 Å². The third-order valence-corrected chi connectivity index (χ3v) is 2.47. The largest absolute Gasteiger partial charge is 0.322 e. The molecule has 0 radical (unpaired) electrons. The molecule has 1 N–H and O–H groups in total. The molecule has 0 bridgehead atoms. The lowest BCUT2D eigenvalue weighted by atomic mass is 10.1. The number of carbonyl (C=O) groups excluding carboxylic acids is 1. The van der Waals surface area contributed by atoms with E-state index in [2.05, 4.69) is 10.3 Å². The van der Waals surface area contributed by atoms with Crippen molar-refractivity contribution in [2.75, 3.05) is 5.32 Å². The van der Waals surface area contributed by atoms with Crippen LogP contribution in [-0.2, 0) is 11.2 Å². The quantitative estimate of drug-likeness (QED) is 0.695. The lowest BCUT2D eigenvalue weighted by Gasteiger charge is -2.06. The molecule has 0 saturated carbocycles. The van der Waals surface area contributed by atoms with Crippen molar-refractivity contribution in [2.24, 2.45) is 0 Å². The highest BCUT2D eigenvalue weighted by atomic mass is 19.2. The Labute approximate surface area is 111 Å². The second-order valence-electron chi connectivity index (χ2n) is 3.91. The zero-order valence-electron chi connectivity index (χ0n) is 9.96. The fourth-order valence-corrected chi connectivity index (χ4v) is 1.56. The van der Waals surface area contributed by atoms with Crippen LogP contribution < -0.4 is 5.32 Å². The molecule has 0 spiro atoms. The topological polar surface area (TPSA) is 42.0 Å². The van der Waals surface area contributed by atoms with Gasteiger partial charge in [0.2, 0.25) is 17.8 Å². The lowest BCUT2D eigenvalue weighted by Crippen LogP contribution is -2.17. The van der Waals surface area contributed by atoms with Gasteiger partial charge in [-0.1, -0.05) is 12.1 Å². The van der Waals surface area contributed by atoms with Gasteiger partial charge in [0.05, 0.1) is 12.1 Å². The third-order valence-electron chi connectivity index (χ3n) is 2.47. The minimum Gasteiger partial charge on any atom is -0.322 e. The van der Waals surface area contributed by atoms with E-state index in [1.807, 2.05) is 0 Å². The van der Waals surface area contributed by atoms with E-state index in [1.165, 1.54) is 12.1 Å². The van der Waals surface area contributed by atoms with Gasteiger partial charge in [0.1, 0.15) is 0 Å². The Balaban J connectivity index is 2.11. The van der Waals surface area contributed by atoms with Gasteiger partial charge in [-0.2, -0.15) is 13.8 Å². The standard InChI is InChI=1S/C13H8F4N2O/c14-8-3-1-2-7(12(8)16)6-11(20)18-9-4-5-10(15)19-13(9)17/h1-5H,6H2,(H,18,20). The van der Waals surface area contributed by atoms with E-state index in [9.17, 15) is 22.4 Å². The van der Waals surface area contributed by atoms with Crippen molar-refractivity contribution < 1.29 is 22.4 Å². The van der Waals surface area contributed by atoms with Crippen LogP contribution in [0.3, 0.4) is 0 Å². The van der Waals surface area contributed by atoms with Gasteiger partial charge in [0.25, 0.3) is 0 Å². The third kappa shape index (κ3) is 3.11. The zero-order chi connectivity index (χ0) is 14.7. The number of nitrogens with one attached hydrogen (secondary N) is 1. The molecule has 3 nitrogen and oxygen atoms in total. The Morgan fingerprint density at radius 3 is 2.55 bits per heavy atom. The molecule has 0 aliphatic heterocycles. The first-order chi connectivity index (χ1) is 9.47. The second kappa shape index (κ2) is 5.68. The normalized spacial score (nSPS) is 10.4. The molecular weight excluding hydrogens is 276 g/mol. The highest BCUT2D eigenvalue weighted by Crippen LogP contribution is 2.15. The summed E-state index contributed by atoms with van der Waals surface area (Å²) in [5, 5.41) is 2.10. The van der Waals surface area contributed by atoms with Crippen LogP contribution in [0.1, 0.15) is 5.56 Å². The highest BCUT2D eigenvalue weighted by Gasteiger charge is 2.13. The van der Waals surface area contributed by atoms with Crippen LogP contribution in [0.15, 0.2) is 30.3 Å². The summed E-state index contributed by atoms with van der Waals surface area (Å²) in [5.74, 6) is -5.22. The SMILES string of the molecule is O=C(Cc1cccc(F)c1F)Nc1ccc(F)nc1F. The summed E-state index contributed by atoms with van der Waals surface area (Å²) in [5.41, 5.74) is -0.508. The van der Waals surface area contributed by atoms with Crippen LogP contribution in [0.5, 0.6) is 0 Å². The van der Waals surface area contributed by atoms with E-state index < -0.39 is 35.9 Å². The van der Waals surface area contributed by atoms with Crippen molar-refractivity contribution in [3.8, 4) is 0 Å². The molecule has 2 rings (SSSR count). The molecule has 0 saturated heterocycles. The molecule has 104 valence electrons. The van der Waals surface area contributed by atoms with E-state index in [4.69, 9.17) is 0 Å². The average molecular weight is 284 g/mol. The molecule has 2 aromatic rings. The molecular formula is C13H8F4N2O. The van der Waals surface area contributed by atoms with Crippen LogP contribution >= 0.6 is 0 Å². The second-order valence-corrected chi connectivity index (χ2v) is 3.91. The maximum absolute atomic E-state index is 13.3. The molecule has 0 unspecified atom stereocenters. The van der Waals surface area contributed by atoms with Gasteiger partial charge in [-0.05, 0) is 18.2 Å². The Hall–Kier alpha value is -2.44. The van der Waals surface area contributed by atoms with Gasteiger partial charge < -0.3 is 5.32 Å². The van der Waals surface area contributed by atoms with Gasteiger partial charge in [-0.3, -0.25) is 4.79 Å². The van der Waals surface area contributed by atoms with Crippen LogP contribution in [0.25, 0.3) is 0 Å². The zero-order valence-corrected chi connectivity index (χ0v) is 9.96. The van der Waals surface area contributed by atoms with Crippen molar-refractivity contribution in [2.45, 2.75) is 6.42 Å². The molecule has 0 aliphatic rings. The number of pyridine rings is 1. The van der Waals surface area contributed by atoms with Crippen LogP contribution in [0, 0.1) is 23.5 Å². The van der Waals surface area contributed by atoms with Gasteiger partial charge in [0.15, 0.2) is 11.6 Å². The summed E-state index contributed by atoms with van der Waals surface area (Å²) in [6.45, 7) is 0. The Kier molecular flexibility index (Phi) is 3.97. The molecule has 1 aromatic carbocycles. The smallest absolute Gasteiger partial charge is 0.239 e. The van der Waals surface area contributed by atoms with Gasteiger partial charge >= 0.3 is 0 Å². The van der Waals surface area contributed by atoms with Crippen LogP contribution in [0.4, 0.5) is 23.2 Å². The highest BCUT2D eigenvalue weighted by molar-refractivity contribution is 5.92. The summed E-state index contributed by atoms with van der Waals surface area (Å²) < 4.78 is 52.1. The van der Waals surface area contributed by atoms with Gasteiger partial charge in [-0.25, -0.2) is 8.78 Å². The number of amides is 1. The first kappa shape index (κ1) is 14.0. The first-order valence-corrected chi connectivity index (χ1v) is 5.52. The molecule has 1 aromatic heterocycles. The number of anilines is 1. The molecule has 1 amide bonds. The lowest BCUT2D eigenvalue weighted by molar-refractivity contribution is -0.115. The van der Waals surface area contributed by atoms with Crippen LogP contribution in [-0.4, -0.2) is 10.9 Å². The van der Waals surface area contributed by atoms with E-state index in [1.54, 1.807) is 0 Å². The maximum atomic E-state index is 13.3. The summed E-state index contributed by atoms with van der Waals surface area (Å²) in [6.07, 6.45) is -0.486. The minimum atomic E-state index is -1.20. The molecule has 0 atom stereocenters. The molecule has 1 heterocycles. The number of halogens is 4. The van der Waals surface area contributed by atoms with E-state index in [0.29, 0.717) is 0 Å². The summed E-state index contributed by atoms with van der Waals surface area (Å²) in [4.78, 5) is 14.5. The minimum absolute atomic E-state index is 0.169. The summed E-state index contributed by atoms with van der Waals surface area (Å²) in [7, 11) is 0. The molecule has 0 fully saturated rings. The number of benzene rings is 1. The average Bonchev–Trinajstić information content (AvgIpc) is 2.38. The predicted molar refractivity (Wildman–Crippen MR) is 62.8 cm³/mol. The van der Waals surface area contributed by atoms with Gasteiger partial charge in [-0.15, -0.1) is 0 Å². The van der Waals surface area contributed by atoms with Gasteiger partial charge in [0, 0.05) is 5.56 Å². The maximum Gasteiger partial charge on any atom is 0.239 e. The predicted octanol–water partition coefficient (Wildman–Crippen LogP) is 2.82. The van der Waals surface area contributed by atoms with E-state index in [-0.39, 0.29) is 11.3 Å². The van der Waals surface area contributed by atoms with E-state index >= 15 is 0 Å². The Morgan fingerprint density at radius 1 is 1.10 bits per heavy atom. The van der Waals surface area contributed by atoms with E-state index in [0.717, 1.165) is 18.2 Å². The Morgan fingerprint density at radius 2 is 1.85 bits per heavy atom. The summed E-state index contributed by atoms with van der Waals surface area (Å²) in [6, 6.07) is 5.25. The number of nitrogens with zero attached hydrogens (tertiary/aromatic N) is 1. The van der Waals surface area contributed by atoms with Crippen molar-refractivity contribution in [3.05, 3.63) is 59.4 Å².